The van der Waals surface area contributed by atoms with Crippen LogP contribution in [0.4, 0.5) is 0 Å². The van der Waals surface area contributed by atoms with E-state index in [9.17, 15) is 0 Å². The highest BCUT2D eigenvalue weighted by Gasteiger charge is 2.08. The fourth-order valence-electron chi connectivity index (χ4n) is 1.24. The Labute approximate surface area is 106 Å². The third-order valence-corrected chi connectivity index (χ3v) is 4.76. The van der Waals surface area contributed by atoms with Crippen molar-refractivity contribution >= 4 is 38.6 Å². The van der Waals surface area contributed by atoms with Crippen molar-refractivity contribution in [2.45, 2.75) is 6.42 Å². The Balaban J connectivity index is 2.17. The van der Waals surface area contributed by atoms with E-state index in [2.05, 4.69) is 43.1 Å². The predicted octanol–water partition coefficient (Wildman–Crippen LogP) is 3.40. The second kappa shape index (κ2) is 5.21. The Kier molecular flexibility index (Phi) is 3.91. The Hall–Kier alpha value is -0.230. The highest BCUT2D eigenvalue weighted by Crippen LogP contribution is 2.33. The van der Waals surface area contributed by atoms with Crippen LogP contribution < -0.4 is 5.32 Å². The van der Waals surface area contributed by atoms with Crippen LogP contribution in [0, 0.1) is 0 Å². The van der Waals surface area contributed by atoms with Crippen molar-refractivity contribution in [1.82, 2.24) is 10.3 Å². The molecule has 0 amide bonds. The van der Waals surface area contributed by atoms with E-state index < -0.39 is 0 Å². The average Bonchev–Trinajstić information content (AvgIpc) is 2.83. The number of nitrogens with one attached hydrogen (secondary N) is 1. The molecule has 0 unspecified atom stereocenters. The van der Waals surface area contributed by atoms with Crippen LogP contribution in [-0.4, -0.2) is 18.6 Å². The number of halogens is 1. The number of aromatic nitrogens is 1. The maximum Gasteiger partial charge on any atom is 0.0945 e. The van der Waals surface area contributed by atoms with Crippen molar-refractivity contribution in [2.75, 3.05) is 13.6 Å². The van der Waals surface area contributed by atoms with E-state index in [0.717, 1.165) is 23.1 Å². The molecule has 1 N–H and O–H groups in total. The van der Waals surface area contributed by atoms with E-state index in [1.54, 1.807) is 22.7 Å². The SMILES string of the molecule is CNCCc1nc(-c2sccc2Br)cs1. The van der Waals surface area contributed by atoms with Gasteiger partial charge < -0.3 is 5.32 Å². The molecule has 0 fully saturated rings. The molecule has 0 aliphatic rings. The summed E-state index contributed by atoms with van der Waals surface area (Å²) in [5.74, 6) is 0. The second-order valence-corrected chi connectivity index (χ2v) is 5.79. The predicted molar refractivity (Wildman–Crippen MR) is 70.8 cm³/mol. The fraction of sp³-hybridized carbons (Fsp3) is 0.300. The number of rotatable bonds is 4. The minimum Gasteiger partial charge on any atom is -0.319 e. The Bertz CT molecular complexity index is 436. The summed E-state index contributed by atoms with van der Waals surface area (Å²) in [6, 6.07) is 2.06. The first-order valence-corrected chi connectivity index (χ1v) is 7.19. The van der Waals surface area contributed by atoms with Gasteiger partial charge in [-0.1, -0.05) is 0 Å². The summed E-state index contributed by atoms with van der Waals surface area (Å²) in [7, 11) is 1.96. The molecule has 0 aromatic carbocycles. The lowest BCUT2D eigenvalue weighted by molar-refractivity contribution is 0.788. The van der Waals surface area contributed by atoms with Gasteiger partial charge in [0, 0.05) is 22.8 Å². The lowest BCUT2D eigenvalue weighted by Crippen LogP contribution is -2.09. The van der Waals surface area contributed by atoms with Crippen LogP contribution in [0.3, 0.4) is 0 Å². The number of thiophene rings is 1. The molecule has 2 aromatic heterocycles. The van der Waals surface area contributed by atoms with Crippen LogP contribution in [0.15, 0.2) is 21.3 Å². The lowest BCUT2D eigenvalue weighted by Gasteiger charge is -1.94. The first-order chi connectivity index (χ1) is 7.31. The summed E-state index contributed by atoms with van der Waals surface area (Å²) in [6.07, 6.45) is 1.00. The molecule has 2 rings (SSSR count). The largest absolute Gasteiger partial charge is 0.319 e. The highest BCUT2D eigenvalue weighted by molar-refractivity contribution is 9.10. The summed E-state index contributed by atoms with van der Waals surface area (Å²) in [5.41, 5.74) is 1.09. The zero-order chi connectivity index (χ0) is 10.7. The molecule has 2 aromatic rings. The van der Waals surface area contributed by atoms with E-state index >= 15 is 0 Å². The summed E-state index contributed by atoms with van der Waals surface area (Å²) in [4.78, 5) is 5.83. The molecule has 5 heteroatoms. The summed E-state index contributed by atoms with van der Waals surface area (Å²) >= 11 is 6.98. The maximum absolute atomic E-state index is 4.61. The van der Waals surface area contributed by atoms with Crippen molar-refractivity contribution in [3.8, 4) is 10.6 Å². The number of hydrogen-bond acceptors (Lipinski definition) is 4. The lowest BCUT2D eigenvalue weighted by atomic mass is 10.4. The van der Waals surface area contributed by atoms with Crippen molar-refractivity contribution < 1.29 is 0 Å². The van der Waals surface area contributed by atoms with Crippen molar-refractivity contribution in [3.05, 3.63) is 26.3 Å². The standard InChI is InChI=1S/C10H11BrN2S2/c1-12-4-2-9-13-8(6-15-9)10-7(11)3-5-14-10/h3,5-6,12H,2,4H2,1H3. The molecule has 0 saturated heterocycles. The van der Waals surface area contributed by atoms with Gasteiger partial charge in [0.1, 0.15) is 0 Å². The first-order valence-electron chi connectivity index (χ1n) is 4.63. The van der Waals surface area contributed by atoms with E-state index in [1.165, 1.54) is 9.88 Å². The van der Waals surface area contributed by atoms with Crippen molar-refractivity contribution in [2.24, 2.45) is 0 Å². The van der Waals surface area contributed by atoms with Gasteiger partial charge in [-0.2, -0.15) is 0 Å². The van der Waals surface area contributed by atoms with E-state index in [-0.39, 0.29) is 0 Å². The van der Waals surface area contributed by atoms with Gasteiger partial charge in [-0.15, -0.1) is 22.7 Å². The molecular formula is C10H11BrN2S2. The highest BCUT2D eigenvalue weighted by atomic mass is 79.9. The van der Waals surface area contributed by atoms with Gasteiger partial charge in [-0.3, -0.25) is 0 Å². The van der Waals surface area contributed by atoms with Gasteiger partial charge in [0.25, 0.3) is 0 Å². The number of hydrogen-bond donors (Lipinski definition) is 1. The van der Waals surface area contributed by atoms with E-state index in [1.807, 2.05) is 7.05 Å². The monoisotopic (exact) mass is 302 g/mol. The summed E-state index contributed by atoms with van der Waals surface area (Å²) in [5, 5.41) is 8.53. The molecule has 0 aliphatic carbocycles. The molecule has 2 nitrogen and oxygen atoms in total. The summed E-state index contributed by atoms with van der Waals surface area (Å²) in [6.45, 7) is 0.985. The van der Waals surface area contributed by atoms with Gasteiger partial charge in [-0.05, 0) is 34.4 Å². The van der Waals surface area contributed by atoms with Crippen LogP contribution in [0.1, 0.15) is 5.01 Å². The number of nitrogens with zero attached hydrogens (tertiary/aromatic N) is 1. The Morgan fingerprint density at radius 1 is 1.47 bits per heavy atom. The van der Waals surface area contributed by atoms with E-state index in [0.29, 0.717) is 0 Å². The molecule has 0 radical (unpaired) electrons. The zero-order valence-corrected chi connectivity index (χ0v) is 11.5. The fourth-order valence-corrected chi connectivity index (χ4v) is 3.64. The maximum atomic E-state index is 4.61. The van der Waals surface area contributed by atoms with Crippen LogP contribution in [0.2, 0.25) is 0 Å². The molecule has 0 atom stereocenters. The molecule has 0 spiro atoms. The third kappa shape index (κ3) is 2.66. The van der Waals surface area contributed by atoms with Gasteiger partial charge in [-0.25, -0.2) is 4.98 Å². The van der Waals surface area contributed by atoms with Crippen molar-refractivity contribution in [3.63, 3.8) is 0 Å². The Morgan fingerprint density at radius 3 is 3.00 bits per heavy atom. The van der Waals surface area contributed by atoms with Crippen molar-refractivity contribution in [1.29, 1.82) is 0 Å². The van der Waals surface area contributed by atoms with Crippen LogP contribution in [-0.2, 0) is 6.42 Å². The van der Waals surface area contributed by atoms with Gasteiger partial charge >= 0.3 is 0 Å². The quantitative estimate of drug-likeness (QED) is 0.936. The molecule has 80 valence electrons. The normalized spacial score (nSPS) is 10.8. The minimum absolute atomic E-state index is 0.985. The van der Waals surface area contributed by atoms with Gasteiger partial charge in [0.15, 0.2) is 0 Å². The molecular weight excluding hydrogens is 292 g/mol. The van der Waals surface area contributed by atoms with Crippen LogP contribution in [0.5, 0.6) is 0 Å². The third-order valence-electron chi connectivity index (χ3n) is 1.99. The molecule has 0 aliphatic heterocycles. The number of thiazole rings is 1. The molecule has 15 heavy (non-hydrogen) atoms. The first kappa shape index (κ1) is 11.3. The second-order valence-electron chi connectivity index (χ2n) is 3.08. The average molecular weight is 303 g/mol. The molecule has 2 heterocycles. The van der Waals surface area contributed by atoms with Crippen LogP contribution >= 0.6 is 38.6 Å². The zero-order valence-electron chi connectivity index (χ0n) is 8.29. The Morgan fingerprint density at radius 2 is 2.33 bits per heavy atom. The summed E-state index contributed by atoms with van der Waals surface area (Å²) < 4.78 is 1.14. The van der Waals surface area contributed by atoms with Gasteiger partial charge in [0.05, 0.1) is 15.6 Å². The van der Waals surface area contributed by atoms with E-state index in [4.69, 9.17) is 0 Å². The van der Waals surface area contributed by atoms with Crippen LogP contribution in [0.25, 0.3) is 10.6 Å². The van der Waals surface area contributed by atoms with Gasteiger partial charge in [0.2, 0.25) is 0 Å². The number of likely N-dealkylation sites (N-methyl/N-ethyl adjacent to an activating group) is 1. The topological polar surface area (TPSA) is 24.9 Å². The molecule has 0 bridgehead atoms. The molecule has 0 saturated carbocycles. The minimum atomic E-state index is 0.985. The smallest absolute Gasteiger partial charge is 0.0945 e.